The highest BCUT2D eigenvalue weighted by Gasteiger charge is 2.29. The van der Waals surface area contributed by atoms with Crippen LogP contribution in [-0.4, -0.2) is 55.0 Å². The molecule has 0 aromatic carbocycles. The van der Waals surface area contributed by atoms with E-state index >= 15 is 0 Å². The number of likely N-dealkylation sites (tertiary alicyclic amines) is 1. The van der Waals surface area contributed by atoms with Crippen molar-refractivity contribution >= 4 is 28.5 Å². The van der Waals surface area contributed by atoms with Crippen LogP contribution in [0.15, 0.2) is 28.0 Å². The highest BCUT2D eigenvalue weighted by Crippen LogP contribution is 2.21. The highest BCUT2D eigenvalue weighted by molar-refractivity contribution is 6.72. The molecule has 1 amide bonds. The number of rotatable bonds is 8. The van der Waals surface area contributed by atoms with Gasteiger partial charge in [0.25, 0.3) is 5.91 Å². The van der Waals surface area contributed by atoms with Crippen molar-refractivity contribution < 1.29 is 9.59 Å². The number of hydrogen-bond acceptors (Lipinski definition) is 6. The zero-order chi connectivity index (χ0) is 22.2. The quantitative estimate of drug-likeness (QED) is 0.238. The second-order valence-corrected chi connectivity index (χ2v) is 9.15. The van der Waals surface area contributed by atoms with Gasteiger partial charge in [0, 0.05) is 26.2 Å². The predicted molar refractivity (Wildman–Crippen MR) is 120 cm³/mol. The van der Waals surface area contributed by atoms with Gasteiger partial charge in [-0.2, -0.15) is 0 Å². The summed E-state index contributed by atoms with van der Waals surface area (Å²) in [7, 11) is 1.48. The van der Waals surface area contributed by atoms with Crippen molar-refractivity contribution in [2.75, 3.05) is 33.2 Å². The number of allylic oxidation sites excluding steroid dienone is 1. The van der Waals surface area contributed by atoms with Crippen LogP contribution < -0.4 is 16.8 Å². The third-order valence-corrected chi connectivity index (χ3v) is 5.20. The minimum atomic E-state index is -0.308. The minimum absolute atomic E-state index is 0.0139. The summed E-state index contributed by atoms with van der Waals surface area (Å²) in [5.74, 6) is -0.212. The molecule has 0 spiro atoms. The van der Waals surface area contributed by atoms with Crippen LogP contribution in [0, 0.1) is 11.3 Å². The molecule has 0 aliphatic carbocycles. The number of aliphatic imine (C=N–C) groups is 1. The lowest BCUT2D eigenvalue weighted by Gasteiger charge is -2.34. The Labute approximate surface area is 179 Å². The van der Waals surface area contributed by atoms with Crippen LogP contribution in [0.3, 0.4) is 0 Å². The highest BCUT2D eigenvalue weighted by atomic mass is 35.5. The third kappa shape index (κ3) is 8.58. The summed E-state index contributed by atoms with van der Waals surface area (Å²) in [6.07, 6.45) is 4.24. The summed E-state index contributed by atoms with van der Waals surface area (Å²) in [4.78, 5) is 30.1. The predicted octanol–water partition coefficient (Wildman–Crippen LogP) is 2.16. The molecule has 1 saturated heterocycles. The maximum absolute atomic E-state index is 13.2. The van der Waals surface area contributed by atoms with Crippen LogP contribution in [0.4, 0.5) is 0 Å². The van der Waals surface area contributed by atoms with Gasteiger partial charge in [-0.15, -0.1) is 0 Å². The van der Waals surface area contributed by atoms with Gasteiger partial charge in [0.05, 0.1) is 11.4 Å². The van der Waals surface area contributed by atoms with Gasteiger partial charge in [-0.25, -0.2) is 0 Å². The molecule has 1 aliphatic rings. The SMILES string of the molecule is CN=C(Cl)/C(C(=O)N1CCCC(CNCCC(C)(C)C)C1)=C(N)/C(N)=C/C(C)=O. The minimum Gasteiger partial charge on any atom is -0.397 e. The summed E-state index contributed by atoms with van der Waals surface area (Å²) in [6, 6.07) is 0. The number of carbonyl (C=O) groups is 2. The Morgan fingerprint density at radius 2 is 1.97 bits per heavy atom. The fourth-order valence-electron chi connectivity index (χ4n) is 3.21. The largest absolute Gasteiger partial charge is 0.397 e. The van der Waals surface area contributed by atoms with Crippen LogP contribution in [0.1, 0.15) is 47.0 Å². The van der Waals surface area contributed by atoms with Crippen LogP contribution >= 0.6 is 11.6 Å². The Morgan fingerprint density at radius 1 is 1.31 bits per heavy atom. The van der Waals surface area contributed by atoms with Gasteiger partial charge in [-0.1, -0.05) is 32.4 Å². The van der Waals surface area contributed by atoms with Crippen LogP contribution in [0.5, 0.6) is 0 Å². The summed E-state index contributed by atoms with van der Waals surface area (Å²) in [6.45, 7) is 11.1. The molecule has 0 aromatic heterocycles. The first-order valence-corrected chi connectivity index (χ1v) is 10.4. The van der Waals surface area contributed by atoms with Gasteiger partial charge < -0.3 is 21.7 Å². The van der Waals surface area contributed by atoms with Gasteiger partial charge in [0.1, 0.15) is 10.7 Å². The summed E-state index contributed by atoms with van der Waals surface area (Å²) < 4.78 is 0. The maximum atomic E-state index is 13.2. The van der Waals surface area contributed by atoms with E-state index in [-0.39, 0.29) is 33.8 Å². The average molecular weight is 426 g/mol. The van der Waals surface area contributed by atoms with Gasteiger partial charge in [-0.05, 0) is 50.6 Å². The van der Waals surface area contributed by atoms with E-state index in [9.17, 15) is 9.59 Å². The maximum Gasteiger partial charge on any atom is 0.259 e. The van der Waals surface area contributed by atoms with E-state index in [1.54, 1.807) is 4.90 Å². The molecule has 0 saturated carbocycles. The number of hydrogen-bond donors (Lipinski definition) is 3. The summed E-state index contributed by atoms with van der Waals surface area (Å²) in [5.41, 5.74) is 12.3. The van der Waals surface area contributed by atoms with Crippen molar-refractivity contribution in [1.29, 1.82) is 0 Å². The number of amides is 1. The van der Waals surface area contributed by atoms with Crippen molar-refractivity contribution in [2.45, 2.75) is 47.0 Å². The van der Waals surface area contributed by atoms with E-state index in [1.807, 2.05) is 0 Å². The first-order valence-electron chi connectivity index (χ1n) is 10.1. The second kappa shape index (κ2) is 11.4. The smallest absolute Gasteiger partial charge is 0.259 e. The first-order chi connectivity index (χ1) is 13.5. The lowest BCUT2D eigenvalue weighted by atomic mass is 9.92. The molecule has 1 rings (SSSR count). The average Bonchev–Trinajstić information content (AvgIpc) is 2.64. The number of piperidine rings is 1. The fraction of sp³-hybridized carbons (Fsp3) is 0.667. The van der Waals surface area contributed by atoms with E-state index in [0.29, 0.717) is 24.4 Å². The number of nitrogens with one attached hydrogen (secondary N) is 1. The molecule has 1 unspecified atom stereocenters. The van der Waals surface area contributed by atoms with Crippen LogP contribution in [0.2, 0.25) is 0 Å². The van der Waals surface area contributed by atoms with Crippen molar-refractivity contribution in [3.63, 3.8) is 0 Å². The Hall–Kier alpha value is -1.86. The van der Waals surface area contributed by atoms with Gasteiger partial charge in [0.2, 0.25) is 0 Å². The van der Waals surface area contributed by atoms with E-state index in [4.69, 9.17) is 23.1 Å². The monoisotopic (exact) mass is 425 g/mol. The van der Waals surface area contributed by atoms with Crippen molar-refractivity contribution in [3.8, 4) is 0 Å². The molecule has 0 aromatic rings. The molecule has 29 heavy (non-hydrogen) atoms. The van der Waals surface area contributed by atoms with E-state index in [1.165, 1.54) is 20.0 Å². The van der Waals surface area contributed by atoms with E-state index < -0.39 is 0 Å². The molecule has 1 aliphatic heterocycles. The third-order valence-electron chi connectivity index (χ3n) is 4.85. The zero-order valence-electron chi connectivity index (χ0n) is 18.3. The summed E-state index contributed by atoms with van der Waals surface area (Å²) in [5, 5.41) is 3.49. The number of nitrogens with two attached hydrogens (primary N) is 2. The van der Waals surface area contributed by atoms with Gasteiger partial charge in [-0.3, -0.25) is 14.6 Å². The second-order valence-electron chi connectivity index (χ2n) is 8.79. The Bertz CT molecular complexity index is 692. The van der Waals surface area contributed by atoms with Crippen molar-refractivity contribution in [1.82, 2.24) is 10.2 Å². The van der Waals surface area contributed by atoms with Crippen LogP contribution in [-0.2, 0) is 9.59 Å². The van der Waals surface area contributed by atoms with E-state index in [2.05, 4.69) is 31.1 Å². The molecule has 5 N–H and O–H groups in total. The Morgan fingerprint density at radius 3 is 2.52 bits per heavy atom. The van der Waals surface area contributed by atoms with Crippen molar-refractivity contribution in [3.05, 3.63) is 23.0 Å². The molecule has 164 valence electrons. The topological polar surface area (TPSA) is 114 Å². The van der Waals surface area contributed by atoms with E-state index in [0.717, 1.165) is 32.4 Å². The molecule has 1 heterocycles. The molecule has 1 fully saturated rings. The Kier molecular flexibility index (Phi) is 9.86. The number of halogens is 1. The van der Waals surface area contributed by atoms with Gasteiger partial charge in [0.15, 0.2) is 5.78 Å². The normalized spacial score (nSPS) is 19.8. The molecular weight excluding hydrogens is 390 g/mol. The Balaban J connectivity index is 2.90. The molecule has 0 bridgehead atoms. The molecule has 1 atom stereocenters. The number of ketones is 1. The van der Waals surface area contributed by atoms with Crippen LogP contribution in [0.25, 0.3) is 0 Å². The fourth-order valence-corrected chi connectivity index (χ4v) is 3.39. The number of carbonyl (C=O) groups excluding carboxylic acids is 2. The zero-order valence-corrected chi connectivity index (χ0v) is 19.1. The lowest BCUT2D eigenvalue weighted by molar-refractivity contribution is -0.128. The van der Waals surface area contributed by atoms with Crippen molar-refractivity contribution in [2.24, 2.45) is 27.8 Å². The molecule has 8 heteroatoms. The number of nitrogens with zero attached hydrogens (tertiary/aromatic N) is 2. The molecular formula is C21H36ClN5O2. The first kappa shape index (κ1) is 25.2. The standard InChI is InChI=1S/C21H36ClN5O2/c1-14(28)11-16(23)18(24)17(19(22)25-5)20(29)27-10-6-7-15(13-27)12-26-9-8-21(2,3)4/h11,15,26H,6-10,12-13,23-24H2,1-5H3/b16-11-,18-17+,25-19?. The molecule has 0 radical (unpaired) electrons. The lowest BCUT2D eigenvalue weighted by Crippen LogP contribution is -2.45. The molecule has 7 nitrogen and oxygen atoms in total. The summed E-state index contributed by atoms with van der Waals surface area (Å²) >= 11 is 6.19. The van der Waals surface area contributed by atoms with Gasteiger partial charge >= 0.3 is 0 Å².